The fraction of sp³-hybridized carbons (Fsp3) is 0.750. The zero-order chi connectivity index (χ0) is 4.28. The van der Waals surface area contributed by atoms with Crippen molar-refractivity contribution in [2.75, 3.05) is 0 Å². The minimum Gasteiger partial charge on any atom is -1.00 e. The second kappa shape index (κ2) is 4.96. The van der Waals surface area contributed by atoms with Crippen molar-refractivity contribution in [3.05, 3.63) is 0 Å². The topological polar surface area (TPSA) is 25.6 Å². The Balaban J connectivity index is 0. The predicted molar refractivity (Wildman–Crippen MR) is 22.9 cm³/mol. The molecular weight excluding hydrogens is 97.5 g/mol. The van der Waals surface area contributed by atoms with E-state index in [1.807, 2.05) is 13.8 Å². The van der Waals surface area contributed by atoms with Crippen LogP contribution in [0.3, 0.4) is 0 Å². The Bertz CT molecular complexity index is 42.8. The lowest BCUT2D eigenvalue weighted by atomic mass is 10.3. The molecule has 0 saturated carbocycles. The summed E-state index contributed by atoms with van der Waals surface area (Å²) in [5.41, 5.74) is 1.00. The number of hydrogen-bond acceptors (Lipinski definition) is 0. The summed E-state index contributed by atoms with van der Waals surface area (Å²) >= 11 is 0. The maximum Gasteiger partial charge on any atom is 0.145 e. The van der Waals surface area contributed by atoms with Crippen molar-refractivity contribution in [3.63, 3.8) is 0 Å². The molecule has 0 aliphatic rings. The van der Waals surface area contributed by atoms with Gasteiger partial charge in [0.15, 0.2) is 0 Å². The van der Waals surface area contributed by atoms with E-state index in [0.717, 1.165) is 12.1 Å². The normalized spacial score (nSPS) is 6.33. The highest BCUT2D eigenvalue weighted by Crippen LogP contribution is 1.67. The van der Waals surface area contributed by atoms with Crippen molar-refractivity contribution in [2.24, 2.45) is 0 Å². The van der Waals surface area contributed by atoms with Gasteiger partial charge in [0.1, 0.15) is 5.71 Å². The monoisotopic (exact) mass is 107 g/mol. The molecule has 0 heterocycles. The Hall–Kier alpha value is -0.0400. The summed E-state index contributed by atoms with van der Waals surface area (Å²) in [6.07, 6.45) is 1.00. The average molecular weight is 108 g/mol. The molecule has 0 bridgehead atoms. The number of nitrogens with two attached hydrogens (primary N) is 1. The van der Waals surface area contributed by atoms with Gasteiger partial charge in [-0.3, -0.25) is 5.41 Å². The van der Waals surface area contributed by atoms with Gasteiger partial charge in [0.05, 0.1) is 0 Å². The van der Waals surface area contributed by atoms with Crippen LogP contribution in [0.2, 0.25) is 0 Å². The average Bonchev–Trinajstić information content (AvgIpc) is 1.38. The lowest BCUT2D eigenvalue weighted by Crippen LogP contribution is -3.00. The quantitative estimate of drug-likeness (QED) is 0.339. The van der Waals surface area contributed by atoms with Gasteiger partial charge < -0.3 is 12.4 Å². The molecule has 1 nitrogen and oxygen atoms in total. The first-order valence-electron chi connectivity index (χ1n) is 1.85. The van der Waals surface area contributed by atoms with E-state index in [2.05, 4.69) is 0 Å². The SMILES string of the molecule is CCC(C)=[NH2+].[Cl-]. The fourth-order valence-corrected chi connectivity index (χ4v) is 0. The highest BCUT2D eigenvalue weighted by Gasteiger charge is 1.78. The highest BCUT2D eigenvalue weighted by atomic mass is 35.5. The van der Waals surface area contributed by atoms with Gasteiger partial charge in [-0.2, -0.15) is 0 Å². The van der Waals surface area contributed by atoms with E-state index in [9.17, 15) is 0 Å². The maximum absolute atomic E-state index is 5.21. The van der Waals surface area contributed by atoms with E-state index in [0.29, 0.717) is 0 Å². The minimum atomic E-state index is 0. The molecule has 0 atom stereocenters. The molecule has 6 heavy (non-hydrogen) atoms. The van der Waals surface area contributed by atoms with Gasteiger partial charge in [-0.25, -0.2) is 0 Å². The van der Waals surface area contributed by atoms with Crippen molar-refractivity contribution in [2.45, 2.75) is 20.3 Å². The standard InChI is InChI=1S/C4H9N.ClH/c1-3-4(2)5;/h5H,3H2,1-2H3;1H. The molecule has 38 valence electrons. The molecular formula is C4H10ClN. The van der Waals surface area contributed by atoms with Crippen molar-refractivity contribution in [1.82, 2.24) is 0 Å². The Morgan fingerprint density at radius 3 is 1.83 bits per heavy atom. The molecule has 0 spiro atoms. The molecule has 0 fully saturated rings. The molecule has 0 saturated heterocycles. The van der Waals surface area contributed by atoms with Crippen molar-refractivity contribution in [1.29, 1.82) is 0 Å². The zero-order valence-electron chi connectivity index (χ0n) is 4.16. The van der Waals surface area contributed by atoms with Crippen LogP contribution in [-0.4, -0.2) is 5.71 Å². The van der Waals surface area contributed by atoms with Crippen LogP contribution in [0.4, 0.5) is 0 Å². The smallest absolute Gasteiger partial charge is 0.145 e. The van der Waals surface area contributed by atoms with Gasteiger partial charge in [-0.05, 0) is 0 Å². The van der Waals surface area contributed by atoms with Crippen LogP contribution in [0.25, 0.3) is 0 Å². The van der Waals surface area contributed by atoms with Crippen LogP contribution in [0, 0.1) is 0 Å². The molecule has 0 amide bonds. The summed E-state index contributed by atoms with van der Waals surface area (Å²) in [6, 6.07) is 0. The van der Waals surface area contributed by atoms with E-state index in [1.165, 1.54) is 0 Å². The molecule has 2 heteroatoms. The molecule has 0 radical (unpaired) electrons. The summed E-state index contributed by atoms with van der Waals surface area (Å²) in [5, 5.41) is 5.21. The van der Waals surface area contributed by atoms with E-state index < -0.39 is 0 Å². The number of halogens is 1. The van der Waals surface area contributed by atoms with Gasteiger partial charge in [0.2, 0.25) is 0 Å². The molecule has 0 aliphatic heterocycles. The molecule has 0 aromatic rings. The van der Waals surface area contributed by atoms with E-state index in [1.54, 1.807) is 0 Å². The molecule has 0 unspecified atom stereocenters. The van der Waals surface area contributed by atoms with Crippen LogP contribution in [0.5, 0.6) is 0 Å². The molecule has 2 N–H and O–H groups in total. The largest absolute Gasteiger partial charge is 1.00 e. The van der Waals surface area contributed by atoms with Gasteiger partial charge in [-0.15, -0.1) is 0 Å². The third kappa shape index (κ3) is 9.03. The first-order valence-corrected chi connectivity index (χ1v) is 1.85. The van der Waals surface area contributed by atoms with E-state index >= 15 is 0 Å². The Labute approximate surface area is 44.7 Å². The van der Waals surface area contributed by atoms with Crippen molar-refractivity contribution >= 4 is 5.71 Å². The van der Waals surface area contributed by atoms with Gasteiger partial charge in [-0.1, -0.05) is 6.92 Å². The molecule has 0 rings (SSSR count). The first kappa shape index (κ1) is 9.35. The molecule has 0 aromatic carbocycles. The highest BCUT2D eigenvalue weighted by molar-refractivity contribution is 5.74. The molecule has 0 aromatic heterocycles. The van der Waals surface area contributed by atoms with Gasteiger partial charge >= 0.3 is 0 Å². The zero-order valence-corrected chi connectivity index (χ0v) is 4.92. The molecule has 0 aliphatic carbocycles. The van der Waals surface area contributed by atoms with E-state index in [4.69, 9.17) is 5.41 Å². The lowest BCUT2D eigenvalue weighted by Gasteiger charge is -1.69. The van der Waals surface area contributed by atoms with Crippen molar-refractivity contribution in [3.8, 4) is 0 Å². The van der Waals surface area contributed by atoms with Crippen LogP contribution >= 0.6 is 0 Å². The number of hydrogen-bond donors (Lipinski definition) is 1. The Morgan fingerprint density at radius 2 is 1.83 bits per heavy atom. The van der Waals surface area contributed by atoms with Crippen LogP contribution in [-0.2, 0) is 0 Å². The van der Waals surface area contributed by atoms with Crippen LogP contribution in [0.1, 0.15) is 20.3 Å². The third-order valence-electron chi connectivity index (χ3n) is 0.558. The number of rotatable bonds is 1. The lowest BCUT2D eigenvalue weighted by molar-refractivity contribution is -0.116. The Kier molecular flexibility index (Phi) is 7.73. The van der Waals surface area contributed by atoms with E-state index in [-0.39, 0.29) is 12.4 Å². The summed E-state index contributed by atoms with van der Waals surface area (Å²) in [6.45, 7) is 3.95. The maximum atomic E-state index is 5.21. The third-order valence-corrected chi connectivity index (χ3v) is 0.558. The second-order valence-corrected chi connectivity index (χ2v) is 1.20. The van der Waals surface area contributed by atoms with Crippen LogP contribution < -0.4 is 17.8 Å². The van der Waals surface area contributed by atoms with Crippen LogP contribution in [0.15, 0.2) is 0 Å². The first-order chi connectivity index (χ1) is 2.27. The summed E-state index contributed by atoms with van der Waals surface area (Å²) in [4.78, 5) is 0. The summed E-state index contributed by atoms with van der Waals surface area (Å²) in [5.74, 6) is 0. The minimum absolute atomic E-state index is 0. The van der Waals surface area contributed by atoms with Crippen molar-refractivity contribution < 1.29 is 17.8 Å². The predicted octanol–water partition coefficient (Wildman–Crippen LogP) is -3.38. The summed E-state index contributed by atoms with van der Waals surface area (Å²) < 4.78 is 0. The Morgan fingerprint density at radius 1 is 1.67 bits per heavy atom. The summed E-state index contributed by atoms with van der Waals surface area (Å²) in [7, 11) is 0. The van der Waals surface area contributed by atoms with Gasteiger partial charge in [0, 0.05) is 13.3 Å². The fourth-order valence-electron chi connectivity index (χ4n) is 0. The second-order valence-electron chi connectivity index (χ2n) is 1.20. The van der Waals surface area contributed by atoms with Gasteiger partial charge in [0.25, 0.3) is 0 Å².